The van der Waals surface area contributed by atoms with E-state index in [1.165, 1.54) is 0 Å². The van der Waals surface area contributed by atoms with Crippen LogP contribution in [0.3, 0.4) is 0 Å². The zero-order chi connectivity index (χ0) is 12.4. The van der Waals surface area contributed by atoms with Crippen molar-refractivity contribution in [2.45, 2.75) is 20.0 Å². The molecule has 0 bridgehead atoms. The summed E-state index contributed by atoms with van der Waals surface area (Å²) in [6.07, 6.45) is 1.07. The normalized spacial score (nSPS) is 12.5. The highest BCUT2D eigenvalue weighted by Gasteiger charge is 2.13. The molecule has 0 fully saturated rings. The Labute approximate surface area is 109 Å². The van der Waals surface area contributed by atoms with Gasteiger partial charge < -0.3 is 5.11 Å². The Morgan fingerprint density at radius 1 is 1.18 bits per heavy atom. The summed E-state index contributed by atoms with van der Waals surface area (Å²) in [6, 6.07) is 9.73. The predicted octanol–water partition coefficient (Wildman–Crippen LogP) is 3.54. The minimum atomic E-state index is -0.641. The molecular formula is C14H14BrNO. The first-order valence-electron chi connectivity index (χ1n) is 5.44. The summed E-state index contributed by atoms with van der Waals surface area (Å²) in [7, 11) is 0. The van der Waals surface area contributed by atoms with Crippen molar-refractivity contribution in [2.24, 2.45) is 0 Å². The van der Waals surface area contributed by atoms with E-state index in [4.69, 9.17) is 0 Å². The van der Waals surface area contributed by atoms with E-state index >= 15 is 0 Å². The highest BCUT2D eigenvalue weighted by Crippen LogP contribution is 2.28. The number of nitrogens with zero attached hydrogens (tertiary/aromatic N) is 1. The van der Waals surface area contributed by atoms with E-state index in [0.29, 0.717) is 0 Å². The molecule has 1 heterocycles. The quantitative estimate of drug-likeness (QED) is 0.918. The monoisotopic (exact) mass is 291 g/mol. The van der Waals surface area contributed by atoms with Gasteiger partial charge in [0.1, 0.15) is 6.10 Å². The molecule has 1 atom stereocenters. The molecule has 88 valence electrons. The number of aryl methyl sites for hydroxylation is 2. The van der Waals surface area contributed by atoms with E-state index in [-0.39, 0.29) is 0 Å². The second-order valence-electron chi connectivity index (χ2n) is 4.16. The Morgan fingerprint density at radius 2 is 1.94 bits per heavy atom. The molecule has 1 unspecified atom stereocenters. The fourth-order valence-electron chi connectivity index (χ4n) is 1.67. The Hall–Kier alpha value is -1.19. The van der Waals surface area contributed by atoms with Crippen LogP contribution < -0.4 is 0 Å². The van der Waals surface area contributed by atoms with Crippen LogP contribution in [0.15, 0.2) is 41.0 Å². The maximum absolute atomic E-state index is 10.3. The Bertz CT molecular complexity index is 522. The van der Waals surface area contributed by atoms with E-state index in [0.717, 1.165) is 26.9 Å². The summed E-state index contributed by atoms with van der Waals surface area (Å²) >= 11 is 3.48. The third kappa shape index (κ3) is 2.73. The van der Waals surface area contributed by atoms with Gasteiger partial charge in [-0.1, -0.05) is 34.1 Å². The van der Waals surface area contributed by atoms with Crippen molar-refractivity contribution < 1.29 is 5.11 Å². The van der Waals surface area contributed by atoms with Gasteiger partial charge in [0.25, 0.3) is 0 Å². The molecule has 0 saturated carbocycles. The summed E-state index contributed by atoms with van der Waals surface area (Å²) in [5.74, 6) is 0. The smallest absolute Gasteiger partial charge is 0.107 e. The van der Waals surface area contributed by atoms with E-state index in [9.17, 15) is 5.11 Å². The van der Waals surface area contributed by atoms with Crippen LogP contribution in [0.5, 0.6) is 0 Å². The lowest BCUT2D eigenvalue weighted by Crippen LogP contribution is -2.01. The standard InChI is InChI=1S/C14H14BrNO/c1-9-3-6-12(13(15)7-9)14(17)11-5-4-10(2)16-8-11/h3-8,14,17H,1-2H3. The molecule has 0 aliphatic rings. The molecule has 0 aliphatic heterocycles. The van der Waals surface area contributed by atoms with Gasteiger partial charge >= 0.3 is 0 Å². The number of hydrogen-bond donors (Lipinski definition) is 1. The van der Waals surface area contributed by atoms with Crippen molar-refractivity contribution in [1.82, 2.24) is 4.98 Å². The van der Waals surface area contributed by atoms with Gasteiger partial charge in [-0.2, -0.15) is 0 Å². The molecule has 17 heavy (non-hydrogen) atoms. The number of benzene rings is 1. The molecule has 2 rings (SSSR count). The van der Waals surface area contributed by atoms with Gasteiger partial charge in [0.15, 0.2) is 0 Å². The summed E-state index contributed by atoms with van der Waals surface area (Å²) < 4.78 is 0.922. The van der Waals surface area contributed by atoms with Crippen molar-refractivity contribution in [3.05, 3.63) is 63.4 Å². The maximum atomic E-state index is 10.3. The van der Waals surface area contributed by atoms with Gasteiger partial charge in [-0.15, -0.1) is 0 Å². The number of aliphatic hydroxyl groups excluding tert-OH is 1. The first-order chi connectivity index (χ1) is 8.08. The highest BCUT2D eigenvalue weighted by atomic mass is 79.9. The van der Waals surface area contributed by atoms with E-state index in [1.54, 1.807) is 6.20 Å². The Kier molecular flexibility index (Phi) is 3.60. The molecule has 0 saturated heterocycles. The number of rotatable bonds is 2. The van der Waals surface area contributed by atoms with E-state index in [2.05, 4.69) is 20.9 Å². The molecule has 1 aromatic carbocycles. The lowest BCUT2D eigenvalue weighted by atomic mass is 10.0. The molecule has 1 aromatic heterocycles. The largest absolute Gasteiger partial charge is 0.384 e. The zero-order valence-corrected chi connectivity index (χ0v) is 11.4. The van der Waals surface area contributed by atoms with Crippen molar-refractivity contribution in [3.63, 3.8) is 0 Å². The Morgan fingerprint density at radius 3 is 2.53 bits per heavy atom. The first-order valence-corrected chi connectivity index (χ1v) is 6.24. The average Bonchev–Trinajstić information content (AvgIpc) is 2.29. The highest BCUT2D eigenvalue weighted by molar-refractivity contribution is 9.10. The van der Waals surface area contributed by atoms with Gasteiger partial charge in [0.2, 0.25) is 0 Å². The summed E-state index contributed by atoms with van der Waals surface area (Å²) in [5, 5.41) is 10.3. The van der Waals surface area contributed by atoms with Gasteiger partial charge in [-0.05, 0) is 37.1 Å². The fraction of sp³-hybridized carbons (Fsp3) is 0.214. The Balaban J connectivity index is 2.36. The van der Waals surface area contributed by atoms with Crippen LogP contribution in [-0.2, 0) is 0 Å². The molecule has 0 amide bonds. The SMILES string of the molecule is Cc1ccc(C(O)c2ccc(C)nc2)c(Br)c1. The number of aromatic nitrogens is 1. The van der Waals surface area contributed by atoms with Crippen LogP contribution in [0.1, 0.15) is 28.5 Å². The summed E-state index contributed by atoms with van der Waals surface area (Å²) in [4.78, 5) is 4.20. The van der Waals surface area contributed by atoms with Gasteiger partial charge in [0, 0.05) is 21.9 Å². The van der Waals surface area contributed by atoms with E-state index < -0.39 is 6.10 Å². The van der Waals surface area contributed by atoms with Gasteiger partial charge in [-0.25, -0.2) is 0 Å². The van der Waals surface area contributed by atoms with Crippen molar-refractivity contribution in [3.8, 4) is 0 Å². The second kappa shape index (κ2) is 4.98. The molecule has 3 heteroatoms. The number of pyridine rings is 1. The van der Waals surface area contributed by atoms with Crippen LogP contribution in [0.4, 0.5) is 0 Å². The molecule has 2 aromatic rings. The van der Waals surface area contributed by atoms with Crippen molar-refractivity contribution in [1.29, 1.82) is 0 Å². The van der Waals surface area contributed by atoms with Gasteiger partial charge in [0.05, 0.1) is 0 Å². The van der Waals surface area contributed by atoms with Crippen molar-refractivity contribution >= 4 is 15.9 Å². The number of aliphatic hydroxyl groups is 1. The number of halogens is 1. The van der Waals surface area contributed by atoms with Crippen LogP contribution in [-0.4, -0.2) is 10.1 Å². The van der Waals surface area contributed by atoms with E-state index in [1.807, 2.05) is 44.2 Å². The first kappa shape index (κ1) is 12.3. The van der Waals surface area contributed by atoms with Crippen LogP contribution in [0, 0.1) is 13.8 Å². The minimum Gasteiger partial charge on any atom is -0.384 e. The third-order valence-corrected chi connectivity index (χ3v) is 3.39. The van der Waals surface area contributed by atoms with Crippen LogP contribution in [0.25, 0.3) is 0 Å². The zero-order valence-electron chi connectivity index (χ0n) is 9.81. The number of hydrogen-bond acceptors (Lipinski definition) is 2. The van der Waals surface area contributed by atoms with Crippen LogP contribution in [0.2, 0.25) is 0 Å². The van der Waals surface area contributed by atoms with Crippen molar-refractivity contribution in [2.75, 3.05) is 0 Å². The lowest BCUT2D eigenvalue weighted by molar-refractivity contribution is 0.219. The predicted molar refractivity (Wildman–Crippen MR) is 71.9 cm³/mol. The second-order valence-corrected chi connectivity index (χ2v) is 5.01. The topological polar surface area (TPSA) is 33.1 Å². The lowest BCUT2D eigenvalue weighted by Gasteiger charge is -2.13. The molecular weight excluding hydrogens is 278 g/mol. The summed E-state index contributed by atoms with van der Waals surface area (Å²) in [5.41, 5.74) is 3.78. The average molecular weight is 292 g/mol. The molecule has 1 N–H and O–H groups in total. The molecule has 0 aliphatic carbocycles. The third-order valence-electron chi connectivity index (χ3n) is 2.70. The summed E-state index contributed by atoms with van der Waals surface area (Å²) in [6.45, 7) is 3.95. The van der Waals surface area contributed by atoms with Crippen LogP contribution >= 0.6 is 15.9 Å². The van der Waals surface area contributed by atoms with Gasteiger partial charge in [-0.3, -0.25) is 4.98 Å². The molecule has 0 spiro atoms. The maximum Gasteiger partial charge on any atom is 0.107 e. The molecule has 2 nitrogen and oxygen atoms in total. The fourth-order valence-corrected chi connectivity index (χ4v) is 2.38. The molecule has 0 radical (unpaired) electrons. The minimum absolute atomic E-state index is 0.641.